The molecule has 1 saturated carbocycles. The third kappa shape index (κ3) is 2.97. The maximum atomic E-state index is 9.39. The second-order valence-electron chi connectivity index (χ2n) is 6.38. The Morgan fingerprint density at radius 2 is 1.95 bits per heavy atom. The first-order valence-corrected chi connectivity index (χ1v) is 7.91. The van der Waals surface area contributed by atoms with Gasteiger partial charge in [0.1, 0.15) is 0 Å². The van der Waals surface area contributed by atoms with Crippen LogP contribution in [0.1, 0.15) is 44.9 Å². The Kier molecular flexibility index (Phi) is 4.42. The van der Waals surface area contributed by atoms with Gasteiger partial charge in [-0.1, -0.05) is 12.8 Å². The van der Waals surface area contributed by atoms with Gasteiger partial charge in [-0.3, -0.25) is 4.90 Å². The van der Waals surface area contributed by atoms with Gasteiger partial charge in [-0.15, -0.1) is 0 Å². The quantitative estimate of drug-likeness (QED) is 0.841. The highest BCUT2D eigenvalue weighted by Crippen LogP contribution is 2.37. The van der Waals surface area contributed by atoms with Crippen molar-refractivity contribution in [1.82, 2.24) is 4.90 Å². The van der Waals surface area contributed by atoms with Gasteiger partial charge in [0.2, 0.25) is 0 Å². The summed E-state index contributed by atoms with van der Waals surface area (Å²) in [5.41, 5.74) is -0.0186. The van der Waals surface area contributed by atoms with Gasteiger partial charge in [-0.25, -0.2) is 0 Å². The summed E-state index contributed by atoms with van der Waals surface area (Å²) in [6.45, 7) is 3.56. The first-order valence-electron chi connectivity index (χ1n) is 7.91. The lowest BCUT2D eigenvalue weighted by Crippen LogP contribution is -2.52. The maximum absolute atomic E-state index is 9.39. The van der Waals surface area contributed by atoms with Gasteiger partial charge in [-0.05, 0) is 25.7 Å². The molecule has 2 aliphatic heterocycles. The van der Waals surface area contributed by atoms with Gasteiger partial charge in [-0.2, -0.15) is 0 Å². The van der Waals surface area contributed by atoms with E-state index in [2.05, 4.69) is 4.90 Å². The van der Waals surface area contributed by atoms with E-state index in [1.807, 2.05) is 0 Å². The molecule has 2 atom stereocenters. The topological polar surface area (TPSA) is 41.9 Å². The van der Waals surface area contributed by atoms with E-state index in [0.29, 0.717) is 12.1 Å². The fourth-order valence-corrected chi connectivity index (χ4v) is 4.16. The zero-order chi connectivity index (χ0) is 13.1. The van der Waals surface area contributed by atoms with Crippen molar-refractivity contribution >= 4 is 0 Å². The van der Waals surface area contributed by atoms with E-state index in [9.17, 15) is 5.11 Å². The van der Waals surface area contributed by atoms with Crippen LogP contribution in [-0.4, -0.2) is 60.7 Å². The Morgan fingerprint density at radius 1 is 1.11 bits per heavy atom. The molecule has 1 spiro atoms. The molecule has 2 saturated heterocycles. The summed E-state index contributed by atoms with van der Waals surface area (Å²) < 4.78 is 11.6. The SMILES string of the molecule is OCCN(C1CCCC1)C1CCOC2(CCOC2)C1. The Hall–Kier alpha value is -0.160. The molecule has 3 rings (SSSR count). The predicted octanol–water partition coefficient (Wildman–Crippen LogP) is 1.56. The summed E-state index contributed by atoms with van der Waals surface area (Å²) in [7, 11) is 0. The van der Waals surface area contributed by atoms with Crippen LogP contribution in [0.2, 0.25) is 0 Å². The van der Waals surface area contributed by atoms with Crippen LogP contribution in [0.15, 0.2) is 0 Å². The minimum absolute atomic E-state index is 0.0186. The molecule has 4 nitrogen and oxygen atoms in total. The van der Waals surface area contributed by atoms with Gasteiger partial charge in [0.15, 0.2) is 0 Å². The van der Waals surface area contributed by atoms with Gasteiger partial charge in [0.25, 0.3) is 0 Å². The largest absolute Gasteiger partial charge is 0.395 e. The molecule has 0 aromatic heterocycles. The molecular formula is C15H27NO3. The van der Waals surface area contributed by atoms with Crippen molar-refractivity contribution < 1.29 is 14.6 Å². The molecule has 3 fully saturated rings. The van der Waals surface area contributed by atoms with Crippen molar-refractivity contribution in [3.63, 3.8) is 0 Å². The first-order chi connectivity index (χ1) is 9.33. The van der Waals surface area contributed by atoms with Crippen LogP contribution >= 0.6 is 0 Å². The fourth-order valence-electron chi connectivity index (χ4n) is 4.16. The van der Waals surface area contributed by atoms with E-state index in [1.165, 1.54) is 25.7 Å². The monoisotopic (exact) mass is 269 g/mol. The summed E-state index contributed by atoms with van der Waals surface area (Å²) in [5.74, 6) is 0. The molecule has 0 bridgehead atoms. The van der Waals surface area contributed by atoms with Crippen LogP contribution in [0.3, 0.4) is 0 Å². The minimum atomic E-state index is -0.0186. The van der Waals surface area contributed by atoms with E-state index < -0.39 is 0 Å². The summed E-state index contributed by atoms with van der Waals surface area (Å²) in [5, 5.41) is 9.39. The molecule has 2 unspecified atom stereocenters. The Balaban J connectivity index is 1.66. The number of ether oxygens (including phenoxy) is 2. The van der Waals surface area contributed by atoms with Crippen molar-refractivity contribution in [1.29, 1.82) is 0 Å². The average Bonchev–Trinajstić information content (AvgIpc) is 3.08. The average molecular weight is 269 g/mol. The summed E-state index contributed by atoms with van der Waals surface area (Å²) in [4.78, 5) is 2.58. The Bertz CT molecular complexity index is 285. The Morgan fingerprint density at radius 3 is 2.63 bits per heavy atom. The van der Waals surface area contributed by atoms with E-state index in [1.54, 1.807) is 0 Å². The summed E-state index contributed by atoms with van der Waals surface area (Å²) >= 11 is 0. The lowest BCUT2D eigenvalue weighted by atomic mass is 9.88. The molecule has 0 aromatic rings. The number of hydrogen-bond donors (Lipinski definition) is 1. The standard InChI is InChI=1S/C15H27NO3/c17-8-7-16(13-3-1-2-4-13)14-5-9-19-15(11-14)6-10-18-12-15/h13-14,17H,1-12H2. The lowest BCUT2D eigenvalue weighted by Gasteiger charge is -2.44. The Labute approximate surface area is 116 Å². The molecule has 0 radical (unpaired) electrons. The van der Waals surface area contributed by atoms with Crippen molar-refractivity contribution in [3.05, 3.63) is 0 Å². The normalized spacial score (nSPS) is 36.6. The molecule has 1 N–H and O–H groups in total. The van der Waals surface area contributed by atoms with Gasteiger partial charge in [0, 0.05) is 38.3 Å². The molecule has 110 valence electrons. The maximum Gasteiger partial charge on any atom is 0.0951 e. The van der Waals surface area contributed by atoms with E-state index in [0.717, 1.165) is 45.6 Å². The van der Waals surface area contributed by atoms with Crippen LogP contribution < -0.4 is 0 Å². The number of aliphatic hydroxyl groups is 1. The second-order valence-corrected chi connectivity index (χ2v) is 6.38. The third-order valence-electron chi connectivity index (χ3n) is 5.16. The first kappa shape index (κ1) is 13.8. The number of rotatable bonds is 4. The van der Waals surface area contributed by atoms with Crippen LogP contribution in [0, 0.1) is 0 Å². The van der Waals surface area contributed by atoms with Crippen LogP contribution in [0.5, 0.6) is 0 Å². The summed E-state index contributed by atoms with van der Waals surface area (Å²) in [6.07, 6.45) is 8.55. The van der Waals surface area contributed by atoms with Gasteiger partial charge < -0.3 is 14.6 Å². The predicted molar refractivity (Wildman–Crippen MR) is 73.2 cm³/mol. The number of nitrogens with zero attached hydrogens (tertiary/aromatic N) is 1. The number of aliphatic hydroxyl groups excluding tert-OH is 1. The molecule has 1 aliphatic carbocycles. The van der Waals surface area contributed by atoms with E-state index in [4.69, 9.17) is 9.47 Å². The van der Waals surface area contributed by atoms with E-state index in [-0.39, 0.29) is 12.2 Å². The highest BCUT2D eigenvalue weighted by atomic mass is 16.6. The summed E-state index contributed by atoms with van der Waals surface area (Å²) in [6, 6.07) is 1.26. The highest BCUT2D eigenvalue weighted by Gasteiger charge is 2.43. The van der Waals surface area contributed by atoms with Crippen LogP contribution in [-0.2, 0) is 9.47 Å². The van der Waals surface area contributed by atoms with Crippen LogP contribution in [0.25, 0.3) is 0 Å². The highest BCUT2D eigenvalue weighted by molar-refractivity contribution is 4.95. The van der Waals surface area contributed by atoms with Crippen molar-refractivity contribution in [2.45, 2.75) is 62.6 Å². The molecule has 19 heavy (non-hydrogen) atoms. The third-order valence-corrected chi connectivity index (χ3v) is 5.16. The lowest BCUT2D eigenvalue weighted by molar-refractivity contribution is -0.112. The smallest absolute Gasteiger partial charge is 0.0951 e. The second kappa shape index (κ2) is 6.08. The molecule has 3 aliphatic rings. The molecule has 4 heteroatoms. The molecule has 2 heterocycles. The van der Waals surface area contributed by atoms with Gasteiger partial charge >= 0.3 is 0 Å². The fraction of sp³-hybridized carbons (Fsp3) is 1.00. The molecule has 0 amide bonds. The van der Waals surface area contributed by atoms with Crippen molar-refractivity contribution in [2.75, 3.05) is 33.0 Å². The zero-order valence-electron chi connectivity index (χ0n) is 11.9. The molecular weight excluding hydrogens is 242 g/mol. The van der Waals surface area contributed by atoms with Gasteiger partial charge in [0.05, 0.1) is 18.8 Å². The van der Waals surface area contributed by atoms with Crippen molar-refractivity contribution in [3.8, 4) is 0 Å². The minimum Gasteiger partial charge on any atom is -0.395 e. The number of hydrogen-bond acceptors (Lipinski definition) is 4. The zero-order valence-corrected chi connectivity index (χ0v) is 11.9. The van der Waals surface area contributed by atoms with Crippen molar-refractivity contribution in [2.24, 2.45) is 0 Å². The molecule has 0 aromatic carbocycles. The van der Waals surface area contributed by atoms with Crippen LogP contribution in [0.4, 0.5) is 0 Å². The van der Waals surface area contributed by atoms with E-state index >= 15 is 0 Å².